The van der Waals surface area contributed by atoms with Crippen LogP contribution in [0.5, 0.6) is 0 Å². The van der Waals surface area contributed by atoms with Crippen LogP contribution in [0.15, 0.2) is 84.0 Å². The van der Waals surface area contributed by atoms with Crippen molar-refractivity contribution in [2.75, 3.05) is 5.43 Å². The fourth-order valence-electron chi connectivity index (χ4n) is 2.47. The molecule has 138 valence electrons. The van der Waals surface area contributed by atoms with E-state index in [4.69, 9.17) is 10.4 Å². The van der Waals surface area contributed by atoms with Gasteiger partial charge in [-0.1, -0.05) is 30.3 Å². The van der Waals surface area contributed by atoms with Crippen LogP contribution in [0, 0.1) is 10.4 Å². The Hall–Kier alpha value is -3.11. The first-order chi connectivity index (χ1) is 13.0. The van der Waals surface area contributed by atoms with Crippen LogP contribution >= 0.6 is 0 Å². The van der Waals surface area contributed by atoms with Crippen molar-refractivity contribution in [3.8, 4) is 0 Å². The van der Waals surface area contributed by atoms with Gasteiger partial charge in [-0.2, -0.15) is 15.6 Å². The van der Waals surface area contributed by atoms with E-state index in [1.165, 1.54) is 24.3 Å². The van der Waals surface area contributed by atoms with Gasteiger partial charge in [0.2, 0.25) is 0 Å². The van der Waals surface area contributed by atoms with E-state index in [0.717, 1.165) is 11.1 Å². The predicted molar refractivity (Wildman–Crippen MR) is 100 cm³/mol. The van der Waals surface area contributed by atoms with Gasteiger partial charge in [0.25, 0.3) is 0 Å². The van der Waals surface area contributed by atoms with Crippen LogP contribution in [-0.2, 0) is 0 Å². The SMILES string of the molecule is [O-][NH+](O)c1ccc(NN=C(c2ccccc2)c2ccc([NH+]([O-])O)cc2)cc1. The molecule has 0 saturated heterocycles. The second-order valence-electron chi connectivity index (χ2n) is 5.70. The summed E-state index contributed by atoms with van der Waals surface area (Å²) in [7, 11) is 0. The van der Waals surface area contributed by atoms with E-state index >= 15 is 0 Å². The number of nitrogens with one attached hydrogen (secondary N) is 3. The highest BCUT2D eigenvalue weighted by Gasteiger charge is 2.09. The summed E-state index contributed by atoms with van der Waals surface area (Å²) < 4.78 is 0. The van der Waals surface area contributed by atoms with Gasteiger partial charge in [0.15, 0.2) is 11.4 Å². The van der Waals surface area contributed by atoms with Gasteiger partial charge in [-0.3, -0.25) is 5.43 Å². The molecule has 0 spiro atoms. The molecular weight excluding hydrogens is 348 g/mol. The first kappa shape index (κ1) is 18.7. The molecule has 0 aliphatic heterocycles. The molecule has 0 fully saturated rings. The largest absolute Gasteiger partial charge is 0.595 e. The lowest BCUT2D eigenvalue weighted by Gasteiger charge is -2.13. The van der Waals surface area contributed by atoms with Gasteiger partial charge in [-0.05, 0) is 24.3 Å². The van der Waals surface area contributed by atoms with Gasteiger partial charge in [0, 0.05) is 35.4 Å². The fraction of sp³-hybridized carbons (Fsp3) is 0. The lowest BCUT2D eigenvalue weighted by Crippen LogP contribution is -2.99. The topological polar surface area (TPSA) is 120 Å². The van der Waals surface area contributed by atoms with Crippen LogP contribution in [0.4, 0.5) is 17.1 Å². The lowest BCUT2D eigenvalue weighted by atomic mass is 10.0. The maximum Gasteiger partial charge on any atom is 0.163 e. The zero-order valence-corrected chi connectivity index (χ0v) is 14.2. The molecule has 2 atom stereocenters. The van der Waals surface area contributed by atoms with Gasteiger partial charge < -0.3 is 10.4 Å². The molecule has 0 aliphatic carbocycles. The van der Waals surface area contributed by atoms with Crippen molar-refractivity contribution in [3.63, 3.8) is 0 Å². The third kappa shape index (κ3) is 4.74. The normalized spacial score (nSPS) is 13.9. The monoisotopic (exact) mass is 366 g/mol. The van der Waals surface area contributed by atoms with E-state index in [-0.39, 0.29) is 11.4 Å². The Balaban J connectivity index is 1.91. The second-order valence-corrected chi connectivity index (χ2v) is 5.70. The number of rotatable bonds is 6. The number of nitrogens with zero attached hydrogens (tertiary/aromatic N) is 1. The fourth-order valence-corrected chi connectivity index (χ4v) is 2.47. The molecule has 27 heavy (non-hydrogen) atoms. The molecule has 8 heteroatoms. The minimum absolute atomic E-state index is 0.192. The summed E-state index contributed by atoms with van der Waals surface area (Å²) in [5.74, 6) is 0. The van der Waals surface area contributed by atoms with Crippen molar-refractivity contribution < 1.29 is 20.9 Å². The van der Waals surface area contributed by atoms with Crippen molar-refractivity contribution in [2.45, 2.75) is 0 Å². The highest BCUT2D eigenvalue weighted by molar-refractivity contribution is 6.13. The molecule has 0 aromatic heterocycles. The number of hydrogen-bond donors (Lipinski definition) is 5. The Kier molecular flexibility index (Phi) is 5.89. The number of benzene rings is 3. The van der Waals surface area contributed by atoms with E-state index in [2.05, 4.69) is 10.5 Å². The molecule has 5 N–H and O–H groups in total. The molecule has 3 aromatic carbocycles. The smallest absolute Gasteiger partial charge is 0.163 e. The van der Waals surface area contributed by atoms with Gasteiger partial charge in [0.1, 0.15) is 0 Å². The maximum absolute atomic E-state index is 11.1. The maximum atomic E-state index is 11.1. The lowest BCUT2D eigenvalue weighted by molar-refractivity contribution is -0.991. The molecule has 8 nitrogen and oxygen atoms in total. The second kappa shape index (κ2) is 8.52. The first-order valence-electron chi connectivity index (χ1n) is 8.11. The van der Waals surface area contributed by atoms with Crippen LogP contribution in [0.2, 0.25) is 0 Å². The molecule has 2 unspecified atom stereocenters. The molecule has 0 heterocycles. The number of quaternary nitrogens is 2. The summed E-state index contributed by atoms with van der Waals surface area (Å²) in [6, 6.07) is 22.2. The molecule has 0 bridgehead atoms. The average molecular weight is 366 g/mol. The first-order valence-corrected chi connectivity index (χ1v) is 8.11. The zero-order chi connectivity index (χ0) is 19.2. The van der Waals surface area contributed by atoms with E-state index < -0.39 is 10.5 Å². The summed E-state index contributed by atoms with van der Waals surface area (Å²) in [6.45, 7) is 0. The van der Waals surface area contributed by atoms with Crippen LogP contribution in [0.3, 0.4) is 0 Å². The molecular formula is C19H18N4O4. The standard InChI is InChI=1S/C19H18N4O4/c24-22(25)17-10-6-15(7-11-17)19(14-4-2-1-3-5-14)21-20-16-8-12-18(13-9-16)23(26)27/h1-13,20,22-24,26H. The Morgan fingerprint density at radius 3 is 1.70 bits per heavy atom. The zero-order valence-electron chi connectivity index (χ0n) is 14.2. The van der Waals surface area contributed by atoms with Crippen molar-refractivity contribution in [1.82, 2.24) is 0 Å². The van der Waals surface area contributed by atoms with Crippen molar-refractivity contribution >= 4 is 22.8 Å². The molecule has 0 amide bonds. The third-order valence-corrected chi connectivity index (χ3v) is 3.88. The quantitative estimate of drug-likeness (QED) is 0.333. The minimum Gasteiger partial charge on any atom is -0.595 e. The van der Waals surface area contributed by atoms with Crippen molar-refractivity contribution in [2.24, 2.45) is 5.10 Å². The van der Waals surface area contributed by atoms with Crippen molar-refractivity contribution in [1.29, 1.82) is 0 Å². The summed E-state index contributed by atoms with van der Waals surface area (Å²) >= 11 is 0. The van der Waals surface area contributed by atoms with Crippen LogP contribution in [-0.4, -0.2) is 16.1 Å². The van der Waals surface area contributed by atoms with E-state index in [1.54, 1.807) is 24.3 Å². The van der Waals surface area contributed by atoms with Crippen LogP contribution in [0.1, 0.15) is 11.1 Å². The minimum atomic E-state index is -0.992. The van der Waals surface area contributed by atoms with Crippen molar-refractivity contribution in [3.05, 3.63) is 100 Å². The molecule has 3 rings (SSSR count). The summed E-state index contributed by atoms with van der Waals surface area (Å²) in [5.41, 5.74) is 6.19. The van der Waals surface area contributed by atoms with E-state index in [0.29, 0.717) is 11.4 Å². The number of hydrogen-bond acceptors (Lipinski definition) is 6. The Morgan fingerprint density at radius 2 is 1.19 bits per heavy atom. The number of anilines is 1. The van der Waals surface area contributed by atoms with E-state index in [9.17, 15) is 10.4 Å². The Bertz CT molecular complexity index is 895. The summed E-state index contributed by atoms with van der Waals surface area (Å²) in [5, 5.41) is 42.5. The van der Waals surface area contributed by atoms with Crippen LogP contribution < -0.4 is 15.9 Å². The highest BCUT2D eigenvalue weighted by Crippen LogP contribution is 2.15. The van der Waals surface area contributed by atoms with Gasteiger partial charge in [-0.25, -0.2) is 10.4 Å². The number of hydrazone groups is 1. The van der Waals surface area contributed by atoms with Gasteiger partial charge >= 0.3 is 0 Å². The Morgan fingerprint density at radius 1 is 0.704 bits per heavy atom. The Labute approximate surface area is 155 Å². The molecule has 3 aromatic rings. The summed E-state index contributed by atoms with van der Waals surface area (Å²) in [4.78, 5) is 0. The van der Waals surface area contributed by atoms with Crippen LogP contribution in [0.25, 0.3) is 0 Å². The van der Waals surface area contributed by atoms with Gasteiger partial charge in [-0.15, -0.1) is 0 Å². The van der Waals surface area contributed by atoms with Gasteiger partial charge in [0.05, 0.1) is 11.4 Å². The third-order valence-electron chi connectivity index (χ3n) is 3.88. The average Bonchev–Trinajstić information content (AvgIpc) is 2.69. The molecule has 0 radical (unpaired) electrons. The summed E-state index contributed by atoms with van der Waals surface area (Å²) in [6.07, 6.45) is 0. The molecule has 0 aliphatic rings. The predicted octanol–water partition coefficient (Wildman–Crippen LogP) is 1.36. The molecule has 0 saturated carbocycles. The van der Waals surface area contributed by atoms with E-state index in [1.807, 2.05) is 30.3 Å². The highest BCUT2D eigenvalue weighted by atomic mass is 16.8.